The standard InChI is InChI=1S/C12H22N2O/c1-8-4-3-5-14(11(8)7-13)12(15)10-6-9(10)2/h8-11H,3-7,13H2,1-2H3/t8-,9-,10+,11-/m1/s1. The van der Waals surface area contributed by atoms with E-state index in [2.05, 4.69) is 18.7 Å². The maximum atomic E-state index is 12.2. The molecule has 0 radical (unpaired) electrons. The van der Waals surface area contributed by atoms with Crippen LogP contribution in [-0.4, -0.2) is 29.9 Å². The smallest absolute Gasteiger partial charge is 0.226 e. The molecule has 0 unspecified atom stereocenters. The Bertz CT molecular complexity index is 254. The monoisotopic (exact) mass is 210 g/mol. The van der Waals surface area contributed by atoms with E-state index in [1.54, 1.807) is 0 Å². The Hall–Kier alpha value is -0.570. The number of piperidine rings is 1. The van der Waals surface area contributed by atoms with Crippen LogP contribution < -0.4 is 5.73 Å². The summed E-state index contributed by atoms with van der Waals surface area (Å²) >= 11 is 0. The third-order valence-corrected chi connectivity index (χ3v) is 4.07. The Morgan fingerprint density at radius 2 is 2.07 bits per heavy atom. The Morgan fingerprint density at radius 3 is 2.60 bits per heavy atom. The molecule has 0 aromatic carbocycles. The van der Waals surface area contributed by atoms with Gasteiger partial charge in [0.2, 0.25) is 5.91 Å². The second-order valence-electron chi connectivity index (χ2n) is 5.27. The van der Waals surface area contributed by atoms with E-state index in [-0.39, 0.29) is 0 Å². The van der Waals surface area contributed by atoms with Crippen molar-refractivity contribution in [2.24, 2.45) is 23.5 Å². The van der Waals surface area contributed by atoms with Crippen molar-refractivity contribution in [2.45, 2.75) is 39.2 Å². The predicted molar refractivity (Wildman–Crippen MR) is 60.2 cm³/mol. The molecule has 4 atom stereocenters. The number of nitrogens with two attached hydrogens (primary N) is 1. The highest BCUT2D eigenvalue weighted by Crippen LogP contribution is 2.40. The van der Waals surface area contributed by atoms with Crippen LogP contribution in [0.2, 0.25) is 0 Å². The topological polar surface area (TPSA) is 46.3 Å². The minimum atomic E-state index is 0.291. The van der Waals surface area contributed by atoms with Gasteiger partial charge in [0.25, 0.3) is 0 Å². The van der Waals surface area contributed by atoms with Gasteiger partial charge in [-0.1, -0.05) is 13.8 Å². The summed E-state index contributed by atoms with van der Waals surface area (Å²) in [5.41, 5.74) is 5.78. The molecular formula is C12H22N2O. The molecule has 1 amide bonds. The summed E-state index contributed by atoms with van der Waals surface area (Å²) in [7, 11) is 0. The van der Waals surface area contributed by atoms with Crippen LogP contribution in [-0.2, 0) is 4.79 Å². The molecule has 0 aromatic heterocycles. The average Bonchev–Trinajstić information content (AvgIpc) is 2.94. The highest BCUT2D eigenvalue weighted by atomic mass is 16.2. The van der Waals surface area contributed by atoms with Crippen molar-refractivity contribution in [3.05, 3.63) is 0 Å². The zero-order valence-electron chi connectivity index (χ0n) is 9.78. The first kappa shape index (κ1) is 10.9. The molecule has 1 aliphatic carbocycles. The molecule has 86 valence electrons. The fourth-order valence-corrected chi connectivity index (χ4v) is 2.76. The number of hydrogen-bond donors (Lipinski definition) is 1. The van der Waals surface area contributed by atoms with Crippen molar-refractivity contribution in [2.75, 3.05) is 13.1 Å². The Labute approximate surface area is 92.0 Å². The van der Waals surface area contributed by atoms with Gasteiger partial charge in [-0.2, -0.15) is 0 Å². The van der Waals surface area contributed by atoms with Crippen LogP contribution in [0.1, 0.15) is 33.1 Å². The van der Waals surface area contributed by atoms with Gasteiger partial charge >= 0.3 is 0 Å². The third kappa shape index (κ3) is 2.03. The van der Waals surface area contributed by atoms with E-state index in [9.17, 15) is 4.79 Å². The number of carbonyl (C=O) groups is 1. The zero-order valence-corrected chi connectivity index (χ0v) is 9.78. The number of rotatable bonds is 2. The first-order chi connectivity index (χ1) is 7.15. The molecule has 1 saturated carbocycles. The molecule has 2 aliphatic rings. The van der Waals surface area contributed by atoms with Gasteiger partial charge in [-0.15, -0.1) is 0 Å². The van der Waals surface area contributed by atoms with Crippen molar-refractivity contribution < 1.29 is 4.79 Å². The first-order valence-electron chi connectivity index (χ1n) is 6.15. The second kappa shape index (κ2) is 4.12. The van der Waals surface area contributed by atoms with Crippen LogP contribution in [0, 0.1) is 17.8 Å². The lowest BCUT2D eigenvalue weighted by molar-refractivity contribution is -0.137. The number of nitrogens with zero attached hydrogens (tertiary/aromatic N) is 1. The first-order valence-corrected chi connectivity index (χ1v) is 6.15. The van der Waals surface area contributed by atoms with Crippen LogP contribution in [0.3, 0.4) is 0 Å². The normalized spacial score (nSPS) is 40.3. The molecule has 15 heavy (non-hydrogen) atoms. The third-order valence-electron chi connectivity index (χ3n) is 4.07. The molecule has 0 spiro atoms. The molecule has 3 heteroatoms. The van der Waals surface area contributed by atoms with E-state index in [1.807, 2.05) is 0 Å². The van der Waals surface area contributed by atoms with E-state index in [1.165, 1.54) is 6.42 Å². The summed E-state index contributed by atoms with van der Waals surface area (Å²) in [5.74, 6) is 1.85. The fraction of sp³-hybridized carbons (Fsp3) is 0.917. The van der Waals surface area contributed by atoms with Gasteiger partial charge in [-0.3, -0.25) is 4.79 Å². The van der Waals surface area contributed by atoms with Gasteiger partial charge in [-0.05, 0) is 31.1 Å². The summed E-state index contributed by atoms with van der Waals surface area (Å²) < 4.78 is 0. The maximum Gasteiger partial charge on any atom is 0.226 e. The largest absolute Gasteiger partial charge is 0.338 e. The van der Waals surface area contributed by atoms with Gasteiger partial charge in [0.05, 0.1) is 0 Å². The Balaban J connectivity index is 2.02. The van der Waals surface area contributed by atoms with E-state index in [0.717, 1.165) is 19.4 Å². The lowest BCUT2D eigenvalue weighted by Gasteiger charge is -2.39. The van der Waals surface area contributed by atoms with Gasteiger partial charge in [0.1, 0.15) is 0 Å². The number of hydrogen-bond acceptors (Lipinski definition) is 2. The van der Waals surface area contributed by atoms with Gasteiger partial charge in [0.15, 0.2) is 0 Å². The molecule has 0 bridgehead atoms. The zero-order chi connectivity index (χ0) is 11.0. The van der Waals surface area contributed by atoms with Gasteiger partial charge in [0, 0.05) is 25.0 Å². The van der Waals surface area contributed by atoms with E-state index in [0.29, 0.717) is 36.2 Å². The number of carbonyl (C=O) groups excluding carboxylic acids is 1. The van der Waals surface area contributed by atoms with E-state index >= 15 is 0 Å². The van der Waals surface area contributed by atoms with Gasteiger partial charge < -0.3 is 10.6 Å². The summed E-state index contributed by atoms with van der Waals surface area (Å²) in [6.45, 7) is 5.92. The van der Waals surface area contributed by atoms with Crippen LogP contribution in [0.15, 0.2) is 0 Å². The minimum Gasteiger partial charge on any atom is -0.338 e. The van der Waals surface area contributed by atoms with Crippen molar-refractivity contribution in [3.63, 3.8) is 0 Å². The van der Waals surface area contributed by atoms with Crippen LogP contribution in [0.4, 0.5) is 0 Å². The molecule has 0 aromatic rings. The van der Waals surface area contributed by atoms with Crippen molar-refractivity contribution in [1.29, 1.82) is 0 Å². The maximum absolute atomic E-state index is 12.2. The summed E-state index contributed by atoms with van der Waals surface area (Å²) in [6, 6.07) is 0.291. The number of likely N-dealkylation sites (tertiary alicyclic amines) is 1. The summed E-state index contributed by atoms with van der Waals surface area (Å²) in [6.07, 6.45) is 3.44. The fourth-order valence-electron chi connectivity index (χ4n) is 2.76. The number of amides is 1. The van der Waals surface area contributed by atoms with Crippen LogP contribution >= 0.6 is 0 Å². The highest BCUT2D eigenvalue weighted by molar-refractivity contribution is 5.82. The lowest BCUT2D eigenvalue weighted by Crippen LogP contribution is -2.52. The molecule has 1 heterocycles. The molecule has 2 rings (SSSR count). The molecule has 2 fully saturated rings. The van der Waals surface area contributed by atoms with E-state index < -0.39 is 0 Å². The van der Waals surface area contributed by atoms with Crippen molar-refractivity contribution in [3.8, 4) is 0 Å². The molecule has 3 nitrogen and oxygen atoms in total. The Morgan fingerprint density at radius 1 is 1.40 bits per heavy atom. The minimum absolute atomic E-state index is 0.291. The van der Waals surface area contributed by atoms with Crippen molar-refractivity contribution in [1.82, 2.24) is 4.90 Å². The second-order valence-corrected chi connectivity index (χ2v) is 5.27. The molecule has 1 aliphatic heterocycles. The Kier molecular flexibility index (Phi) is 3.01. The molecule has 2 N–H and O–H groups in total. The summed E-state index contributed by atoms with van der Waals surface area (Å²) in [5, 5.41) is 0. The van der Waals surface area contributed by atoms with Crippen LogP contribution in [0.5, 0.6) is 0 Å². The SMILES string of the molecule is C[C@@H]1C[C@@H]1C(=O)N1CCC[C@@H](C)[C@H]1CN. The predicted octanol–water partition coefficient (Wildman–Crippen LogP) is 1.23. The van der Waals surface area contributed by atoms with E-state index in [4.69, 9.17) is 5.73 Å². The van der Waals surface area contributed by atoms with Crippen LogP contribution in [0.25, 0.3) is 0 Å². The lowest BCUT2D eigenvalue weighted by atomic mass is 9.90. The highest BCUT2D eigenvalue weighted by Gasteiger charge is 2.44. The summed E-state index contributed by atoms with van der Waals surface area (Å²) in [4.78, 5) is 14.2. The van der Waals surface area contributed by atoms with Crippen molar-refractivity contribution >= 4 is 5.91 Å². The quantitative estimate of drug-likeness (QED) is 0.745. The average molecular weight is 210 g/mol. The molecule has 1 saturated heterocycles. The molecular weight excluding hydrogens is 188 g/mol. The van der Waals surface area contributed by atoms with Gasteiger partial charge in [-0.25, -0.2) is 0 Å².